The Bertz CT molecular complexity index is 1080. The standard InChI is InChI=1S/C23H22N4O3/c1-26-14-17(13-25-26)7-5-11-24-21(28)18-8-4-6-16(12-18)15-27-22(29)19-9-2-3-10-20(19)23(27)30/h2-4,6,8-10,12-14H,5,7,11,15H2,1H3,(H,24,28). The van der Waals surface area contributed by atoms with Crippen molar-refractivity contribution in [1.82, 2.24) is 20.0 Å². The van der Waals surface area contributed by atoms with Crippen molar-refractivity contribution in [1.29, 1.82) is 0 Å². The van der Waals surface area contributed by atoms with Gasteiger partial charge in [-0.25, -0.2) is 0 Å². The molecule has 30 heavy (non-hydrogen) atoms. The molecule has 4 rings (SSSR count). The summed E-state index contributed by atoms with van der Waals surface area (Å²) >= 11 is 0. The number of rotatable bonds is 7. The molecule has 1 N–H and O–H groups in total. The molecule has 0 radical (unpaired) electrons. The normalized spacial score (nSPS) is 12.9. The number of amides is 3. The van der Waals surface area contributed by atoms with E-state index in [0.717, 1.165) is 24.0 Å². The number of hydrogen-bond acceptors (Lipinski definition) is 4. The number of carbonyl (C=O) groups excluding carboxylic acids is 3. The summed E-state index contributed by atoms with van der Waals surface area (Å²) in [4.78, 5) is 38.8. The van der Waals surface area contributed by atoms with Gasteiger partial charge >= 0.3 is 0 Å². The van der Waals surface area contributed by atoms with Gasteiger partial charge in [-0.15, -0.1) is 0 Å². The van der Waals surface area contributed by atoms with E-state index < -0.39 is 0 Å². The van der Waals surface area contributed by atoms with Gasteiger partial charge in [-0.1, -0.05) is 24.3 Å². The summed E-state index contributed by atoms with van der Waals surface area (Å²) in [5, 5.41) is 7.05. The highest BCUT2D eigenvalue weighted by Crippen LogP contribution is 2.24. The summed E-state index contributed by atoms with van der Waals surface area (Å²) in [5.41, 5.74) is 3.21. The fourth-order valence-electron chi connectivity index (χ4n) is 3.57. The maximum atomic E-state index is 12.5. The maximum Gasteiger partial charge on any atom is 0.261 e. The molecule has 1 aliphatic rings. The number of aryl methyl sites for hydroxylation is 2. The van der Waals surface area contributed by atoms with Gasteiger partial charge < -0.3 is 5.32 Å². The summed E-state index contributed by atoms with van der Waals surface area (Å²) in [5.74, 6) is -0.785. The van der Waals surface area contributed by atoms with Gasteiger partial charge in [-0.3, -0.25) is 24.0 Å². The first-order valence-electron chi connectivity index (χ1n) is 9.83. The average Bonchev–Trinajstić information content (AvgIpc) is 3.28. The van der Waals surface area contributed by atoms with Crippen molar-refractivity contribution in [2.24, 2.45) is 7.05 Å². The molecular formula is C23H22N4O3. The molecular weight excluding hydrogens is 380 g/mol. The van der Waals surface area contributed by atoms with Gasteiger partial charge in [0.1, 0.15) is 0 Å². The largest absolute Gasteiger partial charge is 0.352 e. The second-order valence-corrected chi connectivity index (χ2v) is 7.32. The summed E-state index contributed by atoms with van der Waals surface area (Å²) < 4.78 is 1.76. The highest BCUT2D eigenvalue weighted by atomic mass is 16.2. The number of nitrogens with one attached hydrogen (secondary N) is 1. The van der Waals surface area contributed by atoms with Crippen molar-refractivity contribution < 1.29 is 14.4 Å². The van der Waals surface area contributed by atoms with Crippen LogP contribution in [0.15, 0.2) is 60.9 Å². The van der Waals surface area contributed by atoms with E-state index >= 15 is 0 Å². The molecule has 152 valence electrons. The lowest BCUT2D eigenvalue weighted by molar-refractivity contribution is 0.0642. The molecule has 0 unspecified atom stereocenters. The molecule has 0 bridgehead atoms. The summed E-state index contributed by atoms with van der Waals surface area (Å²) in [7, 11) is 1.88. The number of hydrogen-bond donors (Lipinski definition) is 1. The number of imide groups is 1. The Morgan fingerprint density at radius 3 is 2.40 bits per heavy atom. The maximum absolute atomic E-state index is 12.5. The summed E-state index contributed by atoms with van der Waals surface area (Å²) in [6.07, 6.45) is 5.44. The average molecular weight is 402 g/mol. The van der Waals surface area contributed by atoms with Gasteiger partial charge in [0, 0.05) is 25.4 Å². The van der Waals surface area contributed by atoms with Crippen LogP contribution in [0, 0.1) is 0 Å². The second-order valence-electron chi connectivity index (χ2n) is 7.32. The van der Waals surface area contributed by atoms with E-state index in [1.54, 1.807) is 47.1 Å². The smallest absolute Gasteiger partial charge is 0.261 e. The van der Waals surface area contributed by atoms with Crippen LogP contribution < -0.4 is 5.32 Å². The number of fused-ring (bicyclic) bond motifs is 1. The van der Waals surface area contributed by atoms with Crippen LogP contribution in [0.3, 0.4) is 0 Å². The van der Waals surface area contributed by atoms with E-state index in [2.05, 4.69) is 10.4 Å². The third-order valence-electron chi connectivity index (χ3n) is 5.09. The van der Waals surface area contributed by atoms with Gasteiger partial charge in [-0.2, -0.15) is 5.10 Å². The molecule has 2 heterocycles. The molecule has 0 saturated heterocycles. The Kier molecular flexibility index (Phi) is 5.43. The van der Waals surface area contributed by atoms with Gasteiger partial charge in [-0.05, 0) is 48.2 Å². The fraction of sp³-hybridized carbons (Fsp3) is 0.217. The molecule has 2 aromatic carbocycles. The van der Waals surface area contributed by atoms with E-state index in [1.807, 2.05) is 25.5 Å². The van der Waals surface area contributed by atoms with Gasteiger partial charge in [0.15, 0.2) is 0 Å². The molecule has 7 heteroatoms. The monoisotopic (exact) mass is 402 g/mol. The number of carbonyl (C=O) groups is 3. The van der Waals surface area contributed by atoms with Gasteiger partial charge in [0.25, 0.3) is 17.7 Å². The molecule has 3 aromatic rings. The van der Waals surface area contributed by atoms with Crippen LogP contribution in [0.1, 0.15) is 48.6 Å². The third kappa shape index (κ3) is 4.00. The zero-order valence-corrected chi connectivity index (χ0v) is 16.7. The quantitative estimate of drug-likeness (QED) is 0.486. The molecule has 1 aliphatic heterocycles. The second kappa shape index (κ2) is 8.32. The minimum absolute atomic E-state index is 0.133. The molecule has 1 aromatic heterocycles. The third-order valence-corrected chi connectivity index (χ3v) is 5.09. The van der Waals surface area contributed by atoms with Crippen molar-refractivity contribution >= 4 is 17.7 Å². The Labute approximate surface area is 174 Å². The van der Waals surface area contributed by atoms with E-state index in [0.29, 0.717) is 23.2 Å². The van der Waals surface area contributed by atoms with Crippen molar-refractivity contribution in [3.8, 4) is 0 Å². The van der Waals surface area contributed by atoms with Crippen LogP contribution in [0.4, 0.5) is 0 Å². The first kappa shape index (κ1) is 19.6. The van der Waals surface area contributed by atoms with Crippen molar-refractivity contribution in [2.75, 3.05) is 6.54 Å². The predicted molar refractivity (Wildman–Crippen MR) is 111 cm³/mol. The van der Waals surface area contributed by atoms with Gasteiger partial charge in [0.2, 0.25) is 0 Å². The zero-order chi connectivity index (χ0) is 21.1. The van der Waals surface area contributed by atoms with E-state index in [9.17, 15) is 14.4 Å². The van der Waals surface area contributed by atoms with Crippen LogP contribution in [-0.2, 0) is 20.0 Å². The number of benzene rings is 2. The van der Waals surface area contributed by atoms with Gasteiger partial charge in [0.05, 0.1) is 23.9 Å². The summed E-state index contributed by atoms with van der Waals surface area (Å²) in [6, 6.07) is 13.8. The molecule has 3 amide bonds. The molecule has 0 fully saturated rings. The predicted octanol–water partition coefficient (Wildman–Crippen LogP) is 2.58. The minimum atomic E-state index is -0.305. The number of aromatic nitrogens is 2. The Morgan fingerprint density at radius 2 is 1.73 bits per heavy atom. The van der Waals surface area contributed by atoms with Crippen molar-refractivity contribution in [3.63, 3.8) is 0 Å². The Morgan fingerprint density at radius 1 is 1.00 bits per heavy atom. The van der Waals surface area contributed by atoms with Crippen molar-refractivity contribution in [3.05, 3.63) is 88.7 Å². The van der Waals surface area contributed by atoms with Crippen LogP contribution in [0.25, 0.3) is 0 Å². The Balaban J connectivity index is 1.35. The SMILES string of the molecule is Cn1cc(CCCNC(=O)c2cccc(CN3C(=O)c4ccccc4C3=O)c2)cn1. The van der Waals surface area contributed by atoms with E-state index in [4.69, 9.17) is 0 Å². The lowest BCUT2D eigenvalue weighted by Gasteiger charge is -2.14. The lowest BCUT2D eigenvalue weighted by atomic mass is 10.1. The highest BCUT2D eigenvalue weighted by molar-refractivity contribution is 6.21. The fourth-order valence-corrected chi connectivity index (χ4v) is 3.57. The first-order valence-corrected chi connectivity index (χ1v) is 9.83. The molecule has 0 saturated carbocycles. The lowest BCUT2D eigenvalue weighted by Crippen LogP contribution is -2.29. The Hall–Kier alpha value is -3.74. The first-order chi connectivity index (χ1) is 14.5. The topological polar surface area (TPSA) is 84.3 Å². The molecule has 7 nitrogen and oxygen atoms in total. The molecule has 0 spiro atoms. The van der Waals surface area contributed by atoms with Crippen LogP contribution >= 0.6 is 0 Å². The number of nitrogens with zero attached hydrogens (tertiary/aromatic N) is 3. The molecule has 0 aliphatic carbocycles. The highest BCUT2D eigenvalue weighted by Gasteiger charge is 2.34. The van der Waals surface area contributed by atoms with Crippen LogP contribution in [0.5, 0.6) is 0 Å². The van der Waals surface area contributed by atoms with E-state index in [-0.39, 0.29) is 24.3 Å². The minimum Gasteiger partial charge on any atom is -0.352 e. The van der Waals surface area contributed by atoms with Crippen LogP contribution in [0.2, 0.25) is 0 Å². The van der Waals surface area contributed by atoms with Crippen molar-refractivity contribution in [2.45, 2.75) is 19.4 Å². The zero-order valence-electron chi connectivity index (χ0n) is 16.7. The van der Waals surface area contributed by atoms with Crippen LogP contribution in [-0.4, -0.2) is 38.9 Å². The van der Waals surface area contributed by atoms with E-state index in [1.165, 1.54) is 4.90 Å². The molecule has 0 atom stereocenters. The summed E-state index contributed by atoms with van der Waals surface area (Å²) in [6.45, 7) is 0.685.